The molecular formula is C43H42FN3O10. The minimum absolute atomic E-state index is 0.0197. The van der Waals surface area contributed by atoms with Crippen LogP contribution in [-0.2, 0) is 27.5 Å². The number of non-ortho nitro benzene ring substituents is 1. The molecule has 2 aliphatic rings. The number of carbonyl (C=O) groups is 4. The normalized spacial score (nSPS) is 17.8. The number of β-lactam (4-membered cyclic amide) rings is 1. The number of ketones is 1. The maximum atomic E-state index is 16.1. The number of likely N-dealkylation sites (N-methyl/N-ethyl adjacent to an activating group) is 1. The minimum atomic E-state index is -1.07. The number of fused-ring (bicyclic) bond motifs is 1. The molecule has 1 saturated heterocycles. The van der Waals surface area contributed by atoms with Gasteiger partial charge in [0.1, 0.15) is 18.9 Å². The lowest BCUT2D eigenvalue weighted by atomic mass is 9.77. The molecule has 1 N–H and O–H groups in total. The predicted molar refractivity (Wildman–Crippen MR) is 205 cm³/mol. The second-order valence-corrected chi connectivity index (χ2v) is 14.2. The number of nitro groups is 1. The van der Waals surface area contributed by atoms with Crippen LogP contribution in [0.2, 0.25) is 0 Å². The van der Waals surface area contributed by atoms with Gasteiger partial charge in [0.15, 0.2) is 23.1 Å². The van der Waals surface area contributed by atoms with Crippen molar-refractivity contribution in [3.8, 4) is 11.5 Å². The molecule has 14 heteroatoms. The van der Waals surface area contributed by atoms with Crippen molar-refractivity contribution in [3.05, 3.63) is 147 Å². The summed E-state index contributed by atoms with van der Waals surface area (Å²) in [6.45, 7) is 4.02. The summed E-state index contributed by atoms with van der Waals surface area (Å²) < 4.78 is 33.1. The fourth-order valence-corrected chi connectivity index (χ4v) is 7.23. The average Bonchev–Trinajstić information content (AvgIpc) is 3.43. The first kappa shape index (κ1) is 40.4. The van der Waals surface area contributed by atoms with E-state index in [1.807, 2.05) is 72.5 Å². The summed E-state index contributed by atoms with van der Waals surface area (Å²) >= 11 is 0. The van der Waals surface area contributed by atoms with Crippen LogP contribution in [0.5, 0.6) is 11.5 Å². The molecular weight excluding hydrogens is 737 g/mol. The summed E-state index contributed by atoms with van der Waals surface area (Å²) in [4.78, 5) is 66.5. The Bertz CT molecular complexity index is 2180. The van der Waals surface area contributed by atoms with Crippen LogP contribution in [0.25, 0.3) is 0 Å². The first-order valence-electron chi connectivity index (χ1n) is 18.5. The molecule has 0 aromatic heterocycles. The summed E-state index contributed by atoms with van der Waals surface area (Å²) in [7, 11) is 1.76. The molecule has 6 rings (SSSR count). The summed E-state index contributed by atoms with van der Waals surface area (Å²) in [5, 5.41) is 21.4. The highest BCUT2D eigenvalue weighted by Gasteiger charge is 2.60. The van der Waals surface area contributed by atoms with Crippen LogP contribution in [0.1, 0.15) is 58.5 Å². The summed E-state index contributed by atoms with van der Waals surface area (Å²) in [6, 6.07) is 25.5. The molecule has 0 radical (unpaired) electrons. The van der Waals surface area contributed by atoms with E-state index in [1.165, 1.54) is 24.0 Å². The number of nitro benzene ring substituents is 1. The van der Waals surface area contributed by atoms with Crippen molar-refractivity contribution >= 4 is 29.3 Å². The van der Waals surface area contributed by atoms with Gasteiger partial charge in [0.25, 0.3) is 5.69 Å². The van der Waals surface area contributed by atoms with Gasteiger partial charge in [-0.1, -0.05) is 67.6 Å². The lowest BCUT2D eigenvalue weighted by Gasteiger charge is -2.46. The molecule has 1 amide bonds. The number of benzene rings is 4. The highest BCUT2D eigenvalue weighted by atomic mass is 19.1. The Kier molecular flexibility index (Phi) is 12.5. The number of hydrogen-bond donors (Lipinski definition) is 1. The van der Waals surface area contributed by atoms with E-state index < -0.39 is 58.4 Å². The third kappa shape index (κ3) is 8.92. The smallest absolute Gasteiger partial charge is 0.362 e. The van der Waals surface area contributed by atoms with E-state index in [0.29, 0.717) is 18.5 Å². The van der Waals surface area contributed by atoms with Crippen molar-refractivity contribution in [1.29, 1.82) is 0 Å². The molecule has 4 aromatic carbocycles. The van der Waals surface area contributed by atoms with Gasteiger partial charge in [0.05, 0.1) is 34.1 Å². The standard InChI is InChI=1S/C43H42FN3O10/c1-26-33(39(46-38(26)36(27(2)48)41(46)50)43(52)57-42(51)30-16-18-31(19-17-30)47(53)54)23-45(3)22-10-15-34(49)32-20-21-35(55-24-28-11-6-4-7-12-28)40(37(32)44)56-25-29-13-8-5-9-14-29/h4-9,11-14,16-21,26-27,36,38,48H,10,15,22-25H2,1-3H3/t26-,27+,36+,38+/m0/s1. The van der Waals surface area contributed by atoms with Crippen LogP contribution in [0.15, 0.2) is 108 Å². The lowest BCUT2D eigenvalue weighted by Crippen LogP contribution is -2.63. The zero-order chi connectivity index (χ0) is 40.8. The van der Waals surface area contributed by atoms with E-state index >= 15 is 4.39 Å². The Morgan fingerprint density at radius 3 is 2.12 bits per heavy atom. The number of halogens is 1. The summed E-state index contributed by atoms with van der Waals surface area (Å²) in [5.41, 5.74) is 1.59. The van der Waals surface area contributed by atoms with Crippen molar-refractivity contribution in [3.63, 3.8) is 0 Å². The van der Waals surface area contributed by atoms with Gasteiger partial charge in [0.2, 0.25) is 5.91 Å². The number of hydrogen-bond acceptors (Lipinski definition) is 11. The number of aliphatic hydroxyl groups excluding tert-OH is 1. The summed E-state index contributed by atoms with van der Waals surface area (Å²) in [6.07, 6.45) is -0.699. The molecule has 2 aliphatic heterocycles. The number of aliphatic hydroxyl groups is 1. The molecule has 57 heavy (non-hydrogen) atoms. The average molecular weight is 780 g/mol. The first-order valence-corrected chi connectivity index (χ1v) is 18.5. The van der Waals surface area contributed by atoms with Crippen molar-refractivity contribution in [2.75, 3.05) is 20.1 Å². The molecule has 0 saturated carbocycles. The van der Waals surface area contributed by atoms with E-state index in [2.05, 4.69) is 0 Å². The SMILES string of the molecule is C[C@@H](O)[C@H]1C(=O)N2C(C(=O)OC(=O)c3ccc([N+](=O)[O-])cc3)=C(CN(C)CCCC(=O)c3ccc(OCc4ccccc4)c(OCc4ccccc4)c3F)[C@H](C)[C@H]12. The van der Waals surface area contributed by atoms with Crippen LogP contribution in [-0.4, -0.2) is 75.7 Å². The van der Waals surface area contributed by atoms with Crippen molar-refractivity contribution in [1.82, 2.24) is 9.80 Å². The van der Waals surface area contributed by atoms with Gasteiger partial charge in [-0.15, -0.1) is 0 Å². The molecule has 296 valence electrons. The Balaban J connectivity index is 1.14. The van der Waals surface area contributed by atoms with Crippen molar-refractivity contribution < 1.29 is 47.8 Å². The van der Waals surface area contributed by atoms with Gasteiger partial charge in [-0.05, 0) is 67.9 Å². The van der Waals surface area contributed by atoms with Crippen LogP contribution in [0, 0.1) is 27.8 Å². The highest BCUT2D eigenvalue weighted by Crippen LogP contribution is 2.47. The lowest BCUT2D eigenvalue weighted by molar-refractivity contribution is -0.384. The third-order valence-electron chi connectivity index (χ3n) is 10.2. The number of Topliss-reactive ketones (excluding diaryl/α,β-unsaturated/α-hetero) is 1. The maximum absolute atomic E-state index is 16.1. The fourth-order valence-electron chi connectivity index (χ4n) is 7.23. The zero-order valence-corrected chi connectivity index (χ0v) is 31.6. The monoisotopic (exact) mass is 779 g/mol. The maximum Gasteiger partial charge on any atom is 0.362 e. The van der Waals surface area contributed by atoms with E-state index in [1.54, 1.807) is 7.05 Å². The van der Waals surface area contributed by atoms with Crippen molar-refractivity contribution in [2.24, 2.45) is 11.8 Å². The van der Waals surface area contributed by atoms with Gasteiger partial charge in [-0.3, -0.25) is 19.7 Å². The summed E-state index contributed by atoms with van der Waals surface area (Å²) in [5.74, 6) is -5.04. The zero-order valence-electron chi connectivity index (χ0n) is 31.6. The second-order valence-electron chi connectivity index (χ2n) is 14.2. The molecule has 13 nitrogen and oxygen atoms in total. The third-order valence-corrected chi connectivity index (χ3v) is 10.2. The van der Waals surface area contributed by atoms with Gasteiger partial charge in [0, 0.05) is 31.0 Å². The molecule has 0 aliphatic carbocycles. The van der Waals surface area contributed by atoms with E-state index in [9.17, 15) is 34.4 Å². The molecule has 0 bridgehead atoms. The largest absolute Gasteiger partial charge is 0.485 e. The number of carbonyl (C=O) groups excluding carboxylic acids is 4. The van der Waals surface area contributed by atoms with Crippen LogP contribution in [0.4, 0.5) is 10.1 Å². The van der Waals surface area contributed by atoms with Gasteiger partial charge < -0.3 is 29.1 Å². The number of nitrogens with zero attached hydrogens (tertiary/aromatic N) is 3. The molecule has 1 fully saturated rings. The second kappa shape index (κ2) is 17.7. The molecule has 4 atom stereocenters. The highest BCUT2D eigenvalue weighted by molar-refractivity contribution is 6.06. The first-order chi connectivity index (χ1) is 27.3. The Morgan fingerprint density at radius 2 is 1.53 bits per heavy atom. The number of ether oxygens (including phenoxy) is 3. The van der Waals surface area contributed by atoms with Crippen LogP contribution < -0.4 is 9.47 Å². The predicted octanol–water partition coefficient (Wildman–Crippen LogP) is 6.28. The van der Waals surface area contributed by atoms with E-state index in [4.69, 9.17) is 14.2 Å². The number of esters is 2. The molecule has 2 heterocycles. The van der Waals surface area contributed by atoms with Crippen LogP contribution in [0.3, 0.4) is 0 Å². The van der Waals surface area contributed by atoms with Gasteiger partial charge >= 0.3 is 11.9 Å². The van der Waals surface area contributed by atoms with Crippen molar-refractivity contribution in [2.45, 2.75) is 52.0 Å². The Morgan fingerprint density at radius 1 is 0.912 bits per heavy atom. The van der Waals surface area contributed by atoms with E-state index in [0.717, 1.165) is 35.4 Å². The minimum Gasteiger partial charge on any atom is -0.485 e. The molecule has 4 aromatic rings. The fraction of sp³-hybridized carbons (Fsp3) is 0.302. The quantitative estimate of drug-likeness (QED) is 0.0320. The number of rotatable bonds is 17. The van der Waals surface area contributed by atoms with Crippen LogP contribution >= 0.6 is 0 Å². The topological polar surface area (TPSA) is 166 Å². The molecule has 0 spiro atoms. The van der Waals surface area contributed by atoms with E-state index in [-0.39, 0.29) is 60.2 Å². The van der Waals surface area contributed by atoms with Gasteiger partial charge in [-0.2, -0.15) is 0 Å². The number of amides is 1. The van der Waals surface area contributed by atoms with Gasteiger partial charge in [-0.25, -0.2) is 14.0 Å². The Labute approximate surface area is 328 Å². The Hall–Kier alpha value is -6.25. The molecule has 0 unspecified atom stereocenters.